The van der Waals surface area contributed by atoms with Gasteiger partial charge in [0.2, 0.25) is 0 Å². The Kier molecular flexibility index (Phi) is 7.47. The van der Waals surface area contributed by atoms with Crippen LogP contribution in [0.4, 0.5) is 0 Å². The van der Waals surface area contributed by atoms with Crippen LogP contribution >= 0.6 is 23.2 Å². The summed E-state index contributed by atoms with van der Waals surface area (Å²) < 4.78 is 1.44. The molecule has 0 aliphatic carbocycles. The number of halogens is 2. The predicted octanol–water partition coefficient (Wildman–Crippen LogP) is 4.44. The van der Waals surface area contributed by atoms with Crippen molar-refractivity contribution in [1.82, 2.24) is 25.0 Å². The second-order valence-corrected chi connectivity index (χ2v) is 8.88. The van der Waals surface area contributed by atoms with Crippen molar-refractivity contribution in [2.75, 3.05) is 14.1 Å². The van der Waals surface area contributed by atoms with Crippen molar-refractivity contribution in [3.05, 3.63) is 111 Å². The Morgan fingerprint density at radius 3 is 2.42 bits per heavy atom. The van der Waals surface area contributed by atoms with Gasteiger partial charge in [0.05, 0.1) is 17.3 Å². The molecule has 0 saturated heterocycles. The normalized spacial score (nSPS) is 10.7. The van der Waals surface area contributed by atoms with E-state index < -0.39 is 0 Å². The summed E-state index contributed by atoms with van der Waals surface area (Å²) in [4.78, 5) is 43.7. The van der Waals surface area contributed by atoms with Gasteiger partial charge >= 0.3 is 0 Å². The van der Waals surface area contributed by atoms with Gasteiger partial charge in [-0.05, 0) is 48.5 Å². The maximum absolute atomic E-state index is 13.2. The van der Waals surface area contributed by atoms with Gasteiger partial charge in [0.1, 0.15) is 6.33 Å². The highest BCUT2D eigenvalue weighted by Gasteiger charge is 2.19. The van der Waals surface area contributed by atoms with Gasteiger partial charge < -0.3 is 10.2 Å². The van der Waals surface area contributed by atoms with Crippen LogP contribution < -0.4 is 5.32 Å². The van der Waals surface area contributed by atoms with E-state index in [4.69, 9.17) is 23.2 Å². The first-order valence-corrected chi connectivity index (χ1v) is 11.6. The molecule has 1 N–H and O–H groups in total. The summed E-state index contributed by atoms with van der Waals surface area (Å²) >= 11 is 12.4. The zero-order chi connectivity index (χ0) is 25.8. The summed E-state index contributed by atoms with van der Waals surface area (Å²) in [5, 5.41) is 7.86. The molecule has 0 unspecified atom stereocenters. The number of hydrogen-bond donors (Lipinski definition) is 1. The van der Waals surface area contributed by atoms with E-state index >= 15 is 0 Å². The van der Waals surface area contributed by atoms with Crippen molar-refractivity contribution in [3.8, 4) is 5.69 Å². The van der Waals surface area contributed by atoms with Crippen LogP contribution in [-0.4, -0.2) is 51.4 Å². The van der Waals surface area contributed by atoms with Crippen molar-refractivity contribution in [2.45, 2.75) is 6.54 Å². The number of hydrogen-bond acceptors (Lipinski definition) is 5. The van der Waals surface area contributed by atoms with Crippen LogP contribution in [0.2, 0.25) is 10.0 Å². The Bertz CT molecular complexity index is 1470. The van der Waals surface area contributed by atoms with Crippen LogP contribution in [0.25, 0.3) is 5.69 Å². The Morgan fingerprint density at radius 2 is 1.67 bits per heavy atom. The SMILES string of the molecule is CN(C)C(=O)c1cccc(C(=O)NCc2ncn(-c3ccc(Cl)cc3C(=O)c3ccccc3Cl)n2)c1. The molecule has 8 nitrogen and oxygen atoms in total. The molecule has 182 valence electrons. The lowest BCUT2D eigenvalue weighted by Gasteiger charge is -2.11. The maximum Gasteiger partial charge on any atom is 0.253 e. The van der Waals surface area contributed by atoms with Gasteiger partial charge in [0.25, 0.3) is 11.8 Å². The van der Waals surface area contributed by atoms with Gasteiger partial charge in [0, 0.05) is 41.4 Å². The molecule has 0 aliphatic heterocycles. The smallest absolute Gasteiger partial charge is 0.253 e. The minimum atomic E-state index is -0.374. The standard InChI is InChI=1S/C26H21Cl2N5O3/c1-32(2)26(36)17-7-5-6-16(12-17)25(35)29-14-23-30-15-33(31-23)22-11-10-18(27)13-20(22)24(34)19-8-3-4-9-21(19)28/h3-13,15H,14H2,1-2H3,(H,29,35). The Morgan fingerprint density at radius 1 is 0.917 bits per heavy atom. The van der Waals surface area contributed by atoms with E-state index in [1.54, 1.807) is 74.8 Å². The largest absolute Gasteiger partial charge is 0.345 e. The summed E-state index contributed by atoms with van der Waals surface area (Å²) in [6.07, 6.45) is 1.45. The van der Waals surface area contributed by atoms with Gasteiger partial charge in [-0.2, -0.15) is 0 Å². The first-order valence-electron chi connectivity index (χ1n) is 10.8. The van der Waals surface area contributed by atoms with Crippen LogP contribution in [0, 0.1) is 0 Å². The molecule has 36 heavy (non-hydrogen) atoms. The second kappa shape index (κ2) is 10.7. The molecule has 0 bridgehead atoms. The molecular weight excluding hydrogens is 501 g/mol. The molecule has 0 spiro atoms. The minimum absolute atomic E-state index is 0.0407. The van der Waals surface area contributed by atoms with Crippen LogP contribution in [0.5, 0.6) is 0 Å². The molecule has 3 aromatic carbocycles. The van der Waals surface area contributed by atoms with Crippen molar-refractivity contribution < 1.29 is 14.4 Å². The highest BCUT2D eigenvalue weighted by atomic mass is 35.5. The molecular formula is C26H21Cl2N5O3. The summed E-state index contributed by atoms with van der Waals surface area (Å²) in [6, 6.07) is 18.1. The molecule has 0 fully saturated rings. The van der Waals surface area contributed by atoms with Crippen molar-refractivity contribution in [1.29, 1.82) is 0 Å². The molecule has 2 amide bonds. The molecule has 0 atom stereocenters. The number of benzene rings is 3. The zero-order valence-corrected chi connectivity index (χ0v) is 20.9. The van der Waals surface area contributed by atoms with E-state index in [9.17, 15) is 14.4 Å². The highest BCUT2D eigenvalue weighted by Crippen LogP contribution is 2.25. The van der Waals surface area contributed by atoms with E-state index in [-0.39, 0.29) is 24.1 Å². The number of ketones is 1. The van der Waals surface area contributed by atoms with Gasteiger partial charge in [-0.25, -0.2) is 9.67 Å². The number of rotatable bonds is 7. The van der Waals surface area contributed by atoms with E-state index in [0.29, 0.717) is 43.8 Å². The number of carbonyl (C=O) groups is 3. The van der Waals surface area contributed by atoms with E-state index in [0.717, 1.165) is 0 Å². The first kappa shape index (κ1) is 25.1. The average Bonchev–Trinajstić information content (AvgIpc) is 3.35. The molecule has 0 aliphatic rings. The fourth-order valence-electron chi connectivity index (χ4n) is 3.49. The molecule has 10 heteroatoms. The predicted molar refractivity (Wildman–Crippen MR) is 137 cm³/mol. The van der Waals surface area contributed by atoms with Gasteiger partial charge in [-0.1, -0.05) is 41.4 Å². The lowest BCUT2D eigenvalue weighted by Crippen LogP contribution is -2.25. The average molecular weight is 522 g/mol. The molecule has 1 aromatic heterocycles. The molecule has 1 heterocycles. The van der Waals surface area contributed by atoms with Crippen LogP contribution in [0.1, 0.15) is 42.5 Å². The molecule has 0 saturated carbocycles. The van der Waals surface area contributed by atoms with Gasteiger partial charge in [0.15, 0.2) is 11.6 Å². The Labute approximate surface area is 217 Å². The topological polar surface area (TPSA) is 97.2 Å². The van der Waals surface area contributed by atoms with Crippen LogP contribution in [0.15, 0.2) is 73.1 Å². The molecule has 4 aromatic rings. The van der Waals surface area contributed by atoms with E-state index in [1.165, 1.54) is 22.0 Å². The van der Waals surface area contributed by atoms with Crippen LogP contribution in [0.3, 0.4) is 0 Å². The number of nitrogens with zero attached hydrogens (tertiary/aromatic N) is 4. The second-order valence-electron chi connectivity index (χ2n) is 8.04. The number of nitrogens with one attached hydrogen (secondary N) is 1. The first-order chi connectivity index (χ1) is 17.2. The number of amides is 2. The Balaban J connectivity index is 1.53. The Hall–Kier alpha value is -4.01. The fourth-order valence-corrected chi connectivity index (χ4v) is 3.88. The zero-order valence-electron chi connectivity index (χ0n) is 19.4. The monoisotopic (exact) mass is 521 g/mol. The summed E-state index contributed by atoms with van der Waals surface area (Å²) in [5.74, 6) is -0.554. The van der Waals surface area contributed by atoms with E-state index in [1.807, 2.05) is 0 Å². The quantitative estimate of drug-likeness (QED) is 0.362. The van der Waals surface area contributed by atoms with E-state index in [2.05, 4.69) is 15.4 Å². The summed E-state index contributed by atoms with van der Waals surface area (Å²) in [7, 11) is 3.29. The van der Waals surface area contributed by atoms with Crippen LogP contribution in [-0.2, 0) is 6.54 Å². The third kappa shape index (κ3) is 5.45. The third-order valence-electron chi connectivity index (χ3n) is 5.29. The number of aromatic nitrogens is 3. The van der Waals surface area contributed by atoms with Crippen molar-refractivity contribution in [2.24, 2.45) is 0 Å². The van der Waals surface area contributed by atoms with Crippen molar-refractivity contribution in [3.63, 3.8) is 0 Å². The molecule has 0 radical (unpaired) electrons. The lowest BCUT2D eigenvalue weighted by atomic mass is 10.0. The number of carbonyl (C=O) groups excluding carboxylic acids is 3. The highest BCUT2D eigenvalue weighted by molar-refractivity contribution is 6.35. The molecule has 4 rings (SSSR count). The third-order valence-corrected chi connectivity index (χ3v) is 5.86. The van der Waals surface area contributed by atoms with Crippen molar-refractivity contribution >= 4 is 40.8 Å². The minimum Gasteiger partial charge on any atom is -0.345 e. The maximum atomic E-state index is 13.2. The summed E-state index contributed by atoms with van der Waals surface area (Å²) in [5.41, 5.74) is 1.86. The summed E-state index contributed by atoms with van der Waals surface area (Å²) in [6.45, 7) is 0.0407. The van der Waals surface area contributed by atoms with Gasteiger partial charge in [-0.15, -0.1) is 5.10 Å². The lowest BCUT2D eigenvalue weighted by molar-refractivity contribution is 0.0827. The van der Waals surface area contributed by atoms with Gasteiger partial charge in [-0.3, -0.25) is 14.4 Å². The fraction of sp³-hybridized carbons (Fsp3) is 0.115.